The molecule has 0 saturated carbocycles. The highest BCUT2D eigenvalue weighted by atomic mass is 19.4. The number of benzene rings is 1. The van der Waals surface area contributed by atoms with Crippen LogP contribution in [0.25, 0.3) is 0 Å². The van der Waals surface area contributed by atoms with Crippen molar-refractivity contribution in [2.24, 2.45) is 11.7 Å². The first-order chi connectivity index (χ1) is 12.2. The first kappa shape index (κ1) is 20.2. The van der Waals surface area contributed by atoms with Gasteiger partial charge in [-0.1, -0.05) is 0 Å². The molecule has 144 valence electrons. The number of likely N-dealkylation sites (tertiary alicyclic amines) is 1. The Balaban J connectivity index is 1.91. The topological polar surface area (TPSA) is 75.4 Å². The predicted octanol–water partition coefficient (Wildman–Crippen LogP) is 3.01. The summed E-state index contributed by atoms with van der Waals surface area (Å²) in [7, 11) is 0. The van der Waals surface area contributed by atoms with Gasteiger partial charge in [-0.15, -0.1) is 0 Å². The van der Waals surface area contributed by atoms with Gasteiger partial charge < -0.3 is 11.1 Å². The van der Waals surface area contributed by atoms with Crippen LogP contribution in [0.4, 0.5) is 18.9 Å². The van der Waals surface area contributed by atoms with Crippen molar-refractivity contribution in [2.75, 3.05) is 18.4 Å². The number of alkyl halides is 3. The van der Waals surface area contributed by atoms with Crippen LogP contribution in [0.5, 0.6) is 0 Å². The third kappa shape index (κ3) is 5.72. The van der Waals surface area contributed by atoms with Gasteiger partial charge in [0.25, 0.3) is 0 Å². The zero-order valence-electron chi connectivity index (χ0n) is 14.7. The number of carbonyl (C=O) groups excluding carboxylic acids is 2. The van der Waals surface area contributed by atoms with Gasteiger partial charge in [0.05, 0.1) is 11.6 Å². The molecule has 0 aromatic heterocycles. The van der Waals surface area contributed by atoms with Crippen molar-refractivity contribution < 1.29 is 22.8 Å². The first-order valence-electron chi connectivity index (χ1n) is 8.67. The molecule has 2 amide bonds. The van der Waals surface area contributed by atoms with Crippen LogP contribution in [0.1, 0.15) is 38.2 Å². The third-order valence-corrected chi connectivity index (χ3v) is 4.76. The molecule has 26 heavy (non-hydrogen) atoms. The zero-order valence-corrected chi connectivity index (χ0v) is 14.7. The molecule has 0 bridgehead atoms. The predicted molar refractivity (Wildman–Crippen MR) is 92.3 cm³/mol. The summed E-state index contributed by atoms with van der Waals surface area (Å²) in [6.45, 7) is 3.25. The molecular formula is C18H24F3N3O2. The number of nitrogens with two attached hydrogens (primary N) is 1. The van der Waals surface area contributed by atoms with E-state index < -0.39 is 17.8 Å². The zero-order chi connectivity index (χ0) is 19.3. The fourth-order valence-corrected chi connectivity index (χ4v) is 3.19. The summed E-state index contributed by atoms with van der Waals surface area (Å²) < 4.78 is 37.7. The minimum Gasteiger partial charge on any atom is -0.370 e. The van der Waals surface area contributed by atoms with Crippen LogP contribution in [0.15, 0.2) is 24.3 Å². The smallest absolute Gasteiger partial charge is 0.370 e. The highest BCUT2D eigenvalue weighted by molar-refractivity contribution is 5.94. The van der Waals surface area contributed by atoms with Gasteiger partial charge in [-0.2, -0.15) is 13.2 Å². The Labute approximate surface area is 150 Å². The van der Waals surface area contributed by atoms with E-state index in [0.29, 0.717) is 31.0 Å². The lowest BCUT2D eigenvalue weighted by atomic mass is 9.92. The van der Waals surface area contributed by atoms with E-state index in [1.54, 1.807) is 6.92 Å². The molecule has 2 unspecified atom stereocenters. The van der Waals surface area contributed by atoms with E-state index in [-0.39, 0.29) is 11.8 Å². The number of carbonyl (C=O) groups is 2. The number of rotatable bonds is 6. The lowest BCUT2D eigenvalue weighted by Gasteiger charge is -2.36. The van der Waals surface area contributed by atoms with Crippen molar-refractivity contribution in [1.82, 2.24) is 4.90 Å². The molecule has 2 atom stereocenters. The Morgan fingerprint density at radius 1 is 1.31 bits per heavy atom. The average Bonchev–Trinajstić information content (AvgIpc) is 2.59. The number of hydrogen-bond donors (Lipinski definition) is 2. The summed E-state index contributed by atoms with van der Waals surface area (Å²) >= 11 is 0. The third-order valence-electron chi connectivity index (χ3n) is 4.76. The average molecular weight is 371 g/mol. The number of primary amides is 1. The minimum absolute atomic E-state index is 0.264. The van der Waals surface area contributed by atoms with Crippen molar-refractivity contribution in [3.63, 3.8) is 0 Å². The quantitative estimate of drug-likeness (QED) is 0.807. The van der Waals surface area contributed by atoms with Crippen LogP contribution in [-0.4, -0.2) is 35.8 Å². The molecule has 3 N–H and O–H groups in total. The number of nitrogens with one attached hydrogen (secondary N) is 1. The van der Waals surface area contributed by atoms with Gasteiger partial charge in [-0.25, -0.2) is 0 Å². The maximum Gasteiger partial charge on any atom is 0.416 e. The molecular weight excluding hydrogens is 347 g/mol. The van der Waals surface area contributed by atoms with Crippen molar-refractivity contribution in [1.29, 1.82) is 0 Å². The fraction of sp³-hybridized carbons (Fsp3) is 0.556. The highest BCUT2D eigenvalue weighted by Gasteiger charge is 2.30. The molecule has 1 aliphatic heterocycles. The Kier molecular flexibility index (Phi) is 6.63. The van der Waals surface area contributed by atoms with Gasteiger partial charge in [0.1, 0.15) is 0 Å². The normalized spacial score (nSPS) is 19.8. The molecule has 1 saturated heterocycles. The molecule has 2 rings (SSSR count). The van der Waals surface area contributed by atoms with Gasteiger partial charge in [-0.3, -0.25) is 14.5 Å². The first-order valence-corrected chi connectivity index (χ1v) is 8.67. The minimum atomic E-state index is -4.40. The SMILES string of the molecule is CC(C(=O)Nc1ccc(C(F)(F)F)cc1)N1CCCC(CCC(N)=O)C1. The summed E-state index contributed by atoms with van der Waals surface area (Å²) in [6.07, 6.45) is -1.42. The van der Waals surface area contributed by atoms with E-state index in [2.05, 4.69) is 5.32 Å². The number of hydrogen-bond acceptors (Lipinski definition) is 3. The number of halogens is 3. The van der Waals surface area contributed by atoms with Crippen molar-refractivity contribution >= 4 is 17.5 Å². The Morgan fingerprint density at radius 2 is 1.96 bits per heavy atom. The standard InChI is InChI=1S/C18H24F3N3O2/c1-12(24-10-2-3-13(11-24)4-9-16(22)25)17(26)23-15-7-5-14(6-8-15)18(19,20)21/h5-8,12-13H,2-4,9-11H2,1H3,(H2,22,25)(H,23,26). The molecule has 1 aromatic rings. The van der Waals surface area contributed by atoms with Crippen LogP contribution < -0.4 is 11.1 Å². The number of nitrogens with zero attached hydrogens (tertiary/aromatic N) is 1. The highest BCUT2D eigenvalue weighted by Crippen LogP contribution is 2.30. The monoisotopic (exact) mass is 371 g/mol. The van der Waals surface area contributed by atoms with Crippen molar-refractivity contribution in [3.05, 3.63) is 29.8 Å². The van der Waals surface area contributed by atoms with Crippen LogP contribution in [0.2, 0.25) is 0 Å². The lowest BCUT2D eigenvalue weighted by molar-refractivity contribution is -0.137. The second-order valence-corrected chi connectivity index (χ2v) is 6.75. The molecule has 1 fully saturated rings. The molecule has 8 heteroatoms. The largest absolute Gasteiger partial charge is 0.416 e. The van der Waals surface area contributed by atoms with Crippen LogP contribution in [0, 0.1) is 5.92 Å². The van der Waals surface area contributed by atoms with E-state index in [1.165, 1.54) is 12.1 Å². The summed E-state index contributed by atoms with van der Waals surface area (Å²) in [6, 6.07) is 3.98. The summed E-state index contributed by atoms with van der Waals surface area (Å²) in [4.78, 5) is 25.4. The second-order valence-electron chi connectivity index (χ2n) is 6.75. The Bertz CT molecular complexity index is 632. The summed E-state index contributed by atoms with van der Waals surface area (Å²) in [5, 5.41) is 2.66. The maximum absolute atomic E-state index is 12.6. The van der Waals surface area contributed by atoms with E-state index >= 15 is 0 Å². The van der Waals surface area contributed by atoms with E-state index in [1.807, 2.05) is 4.90 Å². The van der Waals surface area contributed by atoms with Crippen molar-refractivity contribution in [3.8, 4) is 0 Å². The number of piperidine rings is 1. The van der Waals surface area contributed by atoms with Crippen LogP contribution in [-0.2, 0) is 15.8 Å². The summed E-state index contributed by atoms with van der Waals surface area (Å²) in [5.41, 5.74) is 4.77. The van der Waals surface area contributed by atoms with Crippen LogP contribution >= 0.6 is 0 Å². The van der Waals surface area contributed by atoms with E-state index in [0.717, 1.165) is 31.5 Å². The molecule has 1 heterocycles. The maximum atomic E-state index is 12.6. The second kappa shape index (κ2) is 8.53. The van der Waals surface area contributed by atoms with Gasteiger partial charge in [-0.05, 0) is 62.9 Å². The Morgan fingerprint density at radius 3 is 2.54 bits per heavy atom. The van der Waals surface area contributed by atoms with Gasteiger partial charge in [0.2, 0.25) is 11.8 Å². The molecule has 0 spiro atoms. The molecule has 5 nitrogen and oxygen atoms in total. The van der Waals surface area contributed by atoms with Crippen molar-refractivity contribution in [2.45, 2.75) is 44.8 Å². The van der Waals surface area contributed by atoms with Crippen LogP contribution in [0.3, 0.4) is 0 Å². The van der Waals surface area contributed by atoms with Gasteiger partial charge in [0, 0.05) is 18.7 Å². The number of amides is 2. The molecule has 1 aliphatic rings. The fourth-order valence-electron chi connectivity index (χ4n) is 3.19. The van der Waals surface area contributed by atoms with Gasteiger partial charge >= 0.3 is 6.18 Å². The van der Waals surface area contributed by atoms with Gasteiger partial charge in [0.15, 0.2) is 0 Å². The molecule has 0 aliphatic carbocycles. The number of anilines is 1. The van der Waals surface area contributed by atoms with E-state index in [9.17, 15) is 22.8 Å². The summed E-state index contributed by atoms with van der Waals surface area (Å²) in [5.74, 6) is -0.270. The molecule has 1 aromatic carbocycles. The Hall–Kier alpha value is -2.09. The molecule has 0 radical (unpaired) electrons. The van der Waals surface area contributed by atoms with E-state index in [4.69, 9.17) is 5.73 Å². The lowest BCUT2D eigenvalue weighted by Crippen LogP contribution is -2.47.